The Bertz CT molecular complexity index is 547. The Kier molecular flexibility index (Phi) is 3.77. The second-order valence-electron chi connectivity index (χ2n) is 4.31. The number of benzene rings is 1. The number of aliphatic hydroxyl groups excluding tert-OH is 1. The van der Waals surface area contributed by atoms with Crippen LogP contribution in [0.4, 0.5) is 11.4 Å². The Morgan fingerprint density at radius 3 is 2.89 bits per heavy atom. The molecule has 1 aliphatic heterocycles. The maximum absolute atomic E-state index is 11.4. The Balaban J connectivity index is 2.31. The van der Waals surface area contributed by atoms with Crippen LogP contribution >= 0.6 is 15.9 Å². The zero-order chi connectivity index (χ0) is 14.2. The van der Waals surface area contributed by atoms with Crippen molar-refractivity contribution in [2.75, 3.05) is 30.9 Å². The fourth-order valence-corrected chi connectivity index (χ4v) is 2.59. The molecule has 1 unspecified atom stereocenters. The summed E-state index contributed by atoms with van der Waals surface area (Å²) < 4.78 is 0.716. The van der Waals surface area contributed by atoms with Gasteiger partial charge < -0.3 is 20.6 Å². The van der Waals surface area contributed by atoms with Crippen molar-refractivity contribution in [2.24, 2.45) is 0 Å². The molecule has 0 saturated carbocycles. The molecular weight excluding hydrogens is 314 g/mol. The molecule has 0 spiro atoms. The molecule has 2 amide bonds. The summed E-state index contributed by atoms with van der Waals surface area (Å²) in [6.07, 6.45) is -1.13. The molecule has 3 N–H and O–H groups in total. The summed E-state index contributed by atoms with van der Waals surface area (Å²) in [6, 6.07) is 3.42. The van der Waals surface area contributed by atoms with Crippen LogP contribution in [-0.4, -0.2) is 37.6 Å². The van der Waals surface area contributed by atoms with Crippen LogP contribution < -0.4 is 15.5 Å². The largest absolute Gasteiger partial charge is 0.378 e. The van der Waals surface area contributed by atoms with Gasteiger partial charge in [0.2, 0.25) is 5.91 Å². The fourth-order valence-electron chi connectivity index (χ4n) is 1.93. The predicted octanol–water partition coefficient (Wildman–Crippen LogP) is 0.617. The van der Waals surface area contributed by atoms with Gasteiger partial charge in [0, 0.05) is 29.8 Å². The Morgan fingerprint density at radius 2 is 2.26 bits per heavy atom. The molecule has 19 heavy (non-hydrogen) atoms. The fraction of sp³-hybridized carbons (Fsp3) is 0.333. The molecule has 0 bridgehead atoms. The first-order valence-corrected chi connectivity index (χ1v) is 6.47. The van der Waals surface area contributed by atoms with Gasteiger partial charge in [0.05, 0.1) is 12.2 Å². The molecule has 0 aliphatic carbocycles. The van der Waals surface area contributed by atoms with Crippen LogP contribution in [0.3, 0.4) is 0 Å². The molecule has 1 aromatic carbocycles. The number of likely N-dealkylation sites (N-methyl/N-ethyl adjacent to an activating group) is 2. The second-order valence-corrected chi connectivity index (χ2v) is 5.17. The number of fused-ring (bicyclic) bond motifs is 1. The lowest BCUT2D eigenvalue weighted by atomic mass is 10.1. The second kappa shape index (κ2) is 5.18. The highest BCUT2D eigenvalue weighted by molar-refractivity contribution is 9.10. The number of hydrogen-bond acceptors (Lipinski definition) is 4. The number of halogens is 1. The molecule has 1 heterocycles. The lowest BCUT2D eigenvalue weighted by Gasteiger charge is -2.20. The molecule has 1 aromatic rings. The molecule has 1 atom stereocenters. The van der Waals surface area contributed by atoms with E-state index in [-0.39, 0.29) is 12.5 Å². The monoisotopic (exact) mass is 327 g/mol. The van der Waals surface area contributed by atoms with Crippen LogP contribution in [0.15, 0.2) is 16.6 Å². The van der Waals surface area contributed by atoms with Crippen molar-refractivity contribution < 1.29 is 14.7 Å². The summed E-state index contributed by atoms with van der Waals surface area (Å²) in [4.78, 5) is 24.5. The van der Waals surface area contributed by atoms with E-state index in [1.165, 1.54) is 0 Å². The smallest absolute Gasteiger partial charge is 0.257 e. The van der Waals surface area contributed by atoms with Gasteiger partial charge in [-0.2, -0.15) is 0 Å². The summed E-state index contributed by atoms with van der Waals surface area (Å²) in [6.45, 7) is 0.199. The quantitative estimate of drug-likeness (QED) is 0.760. The van der Waals surface area contributed by atoms with Gasteiger partial charge in [-0.3, -0.25) is 9.59 Å². The molecule has 1 aliphatic rings. The average Bonchev–Trinajstić information content (AvgIpc) is 2.64. The van der Waals surface area contributed by atoms with Crippen LogP contribution in [-0.2, 0) is 9.59 Å². The van der Waals surface area contributed by atoms with Crippen LogP contribution in [0.5, 0.6) is 0 Å². The summed E-state index contributed by atoms with van der Waals surface area (Å²) >= 11 is 3.39. The number of carbonyl (C=O) groups is 2. The Morgan fingerprint density at radius 1 is 1.58 bits per heavy atom. The van der Waals surface area contributed by atoms with Crippen LogP contribution in [0.25, 0.3) is 0 Å². The van der Waals surface area contributed by atoms with Crippen LogP contribution in [0, 0.1) is 0 Å². The minimum atomic E-state index is -1.13. The predicted molar refractivity (Wildman–Crippen MR) is 75.1 cm³/mol. The number of nitrogens with zero attached hydrogens (tertiary/aromatic N) is 1. The molecule has 0 fully saturated rings. The zero-order valence-electron chi connectivity index (χ0n) is 10.5. The first-order chi connectivity index (χ1) is 8.93. The molecule has 102 valence electrons. The summed E-state index contributed by atoms with van der Waals surface area (Å²) in [5, 5.41) is 14.8. The Labute approximate surface area is 118 Å². The lowest BCUT2D eigenvalue weighted by Crippen LogP contribution is -2.33. The van der Waals surface area contributed by atoms with Crippen molar-refractivity contribution in [3.05, 3.63) is 22.2 Å². The van der Waals surface area contributed by atoms with Crippen molar-refractivity contribution in [2.45, 2.75) is 6.10 Å². The van der Waals surface area contributed by atoms with E-state index in [0.717, 1.165) is 5.69 Å². The van der Waals surface area contributed by atoms with Gasteiger partial charge in [-0.05, 0) is 28.1 Å². The van der Waals surface area contributed by atoms with E-state index in [0.29, 0.717) is 15.7 Å². The van der Waals surface area contributed by atoms with Crippen LogP contribution in [0.1, 0.15) is 11.7 Å². The SMILES string of the molecule is CNC(=O)CN(C)c1cc2c(cc1Br)C(O)C(=O)N2. The van der Waals surface area contributed by atoms with E-state index in [9.17, 15) is 14.7 Å². The number of hydrogen-bond donors (Lipinski definition) is 3. The highest BCUT2D eigenvalue weighted by Gasteiger charge is 2.30. The minimum absolute atomic E-state index is 0.112. The molecule has 0 radical (unpaired) electrons. The zero-order valence-corrected chi connectivity index (χ0v) is 12.1. The normalized spacial score (nSPS) is 16.8. The van der Waals surface area contributed by atoms with E-state index < -0.39 is 12.0 Å². The number of anilines is 2. The van der Waals surface area contributed by atoms with Gasteiger partial charge in [0.1, 0.15) is 0 Å². The number of carbonyl (C=O) groups excluding carboxylic acids is 2. The number of amides is 2. The minimum Gasteiger partial charge on any atom is -0.378 e. The standard InChI is InChI=1S/C12H14BrN3O3/c1-14-10(17)5-16(2)9-4-8-6(3-7(9)13)11(18)12(19)15-8/h3-4,11,18H,5H2,1-2H3,(H,14,17)(H,15,19). The third kappa shape index (κ3) is 2.57. The van der Waals surface area contributed by atoms with Crippen molar-refractivity contribution in [1.29, 1.82) is 0 Å². The van der Waals surface area contributed by atoms with Gasteiger partial charge in [0.15, 0.2) is 6.10 Å². The van der Waals surface area contributed by atoms with Crippen molar-refractivity contribution in [3.63, 3.8) is 0 Å². The van der Waals surface area contributed by atoms with E-state index >= 15 is 0 Å². The molecular formula is C12H14BrN3O3. The van der Waals surface area contributed by atoms with Crippen LogP contribution in [0.2, 0.25) is 0 Å². The molecule has 2 rings (SSSR count). The highest BCUT2D eigenvalue weighted by Crippen LogP contribution is 2.38. The first-order valence-electron chi connectivity index (χ1n) is 5.68. The first kappa shape index (κ1) is 13.8. The van der Waals surface area contributed by atoms with Gasteiger partial charge in [-0.1, -0.05) is 0 Å². The third-order valence-electron chi connectivity index (χ3n) is 2.99. The van der Waals surface area contributed by atoms with E-state index in [1.807, 2.05) is 0 Å². The number of nitrogens with one attached hydrogen (secondary N) is 2. The molecule has 0 aromatic heterocycles. The maximum Gasteiger partial charge on any atom is 0.257 e. The maximum atomic E-state index is 11.4. The average molecular weight is 328 g/mol. The van der Waals surface area contributed by atoms with Crippen molar-refractivity contribution >= 4 is 39.1 Å². The van der Waals surface area contributed by atoms with Gasteiger partial charge in [-0.25, -0.2) is 0 Å². The van der Waals surface area contributed by atoms with Crippen molar-refractivity contribution in [1.82, 2.24) is 5.32 Å². The van der Waals surface area contributed by atoms with E-state index in [2.05, 4.69) is 26.6 Å². The third-order valence-corrected chi connectivity index (χ3v) is 3.63. The lowest BCUT2D eigenvalue weighted by molar-refractivity contribution is -0.123. The molecule has 7 heteroatoms. The summed E-state index contributed by atoms with van der Waals surface area (Å²) in [5.74, 6) is -0.549. The molecule has 6 nitrogen and oxygen atoms in total. The van der Waals surface area contributed by atoms with E-state index in [1.54, 1.807) is 31.1 Å². The number of aliphatic hydroxyl groups is 1. The van der Waals surface area contributed by atoms with Gasteiger partial charge >= 0.3 is 0 Å². The van der Waals surface area contributed by atoms with Crippen molar-refractivity contribution in [3.8, 4) is 0 Å². The highest BCUT2D eigenvalue weighted by atomic mass is 79.9. The van der Waals surface area contributed by atoms with Gasteiger partial charge in [0.25, 0.3) is 5.91 Å². The summed E-state index contributed by atoms with van der Waals surface area (Å²) in [5.41, 5.74) is 1.87. The molecule has 0 saturated heterocycles. The Hall–Kier alpha value is -1.60. The topological polar surface area (TPSA) is 81.7 Å². The van der Waals surface area contributed by atoms with Gasteiger partial charge in [-0.15, -0.1) is 0 Å². The van der Waals surface area contributed by atoms with E-state index in [4.69, 9.17) is 0 Å². The summed E-state index contributed by atoms with van der Waals surface area (Å²) in [7, 11) is 3.35. The number of rotatable bonds is 3.